The van der Waals surface area contributed by atoms with E-state index in [0.717, 1.165) is 11.6 Å². The van der Waals surface area contributed by atoms with Gasteiger partial charge in [-0.3, -0.25) is 0 Å². The van der Waals surface area contributed by atoms with Crippen molar-refractivity contribution in [3.63, 3.8) is 0 Å². The van der Waals surface area contributed by atoms with Crippen LogP contribution in [0.5, 0.6) is 0 Å². The minimum absolute atomic E-state index is 0.234. The van der Waals surface area contributed by atoms with Crippen LogP contribution in [0.1, 0.15) is 23.4 Å². The molecule has 0 saturated carbocycles. The molecule has 86 valence electrons. The van der Waals surface area contributed by atoms with Crippen molar-refractivity contribution < 1.29 is 0 Å². The first-order valence-electron chi connectivity index (χ1n) is 4.92. The highest BCUT2D eigenvalue weighted by Gasteiger charge is 2.18. The summed E-state index contributed by atoms with van der Waals surface area (Å²) in [6.45, 7) is 3.05. The highest BCUT2D eigenvalue weighted by Crippen LogP contribution is 2.34. The van der Waals surface area contributed by atoms with E-state index in [0.29, 0.717) is 0 Å². The number of nitrogens with one attached hydrogen (secondary N) is 1. The number of halogens is 2. The molecule has 1 atom stereocenters. The molecule has 5 heteroatoms. The second-order valence-electron chi connectivity index (χ2n) is 3.31. The second-order valence-corrected chi connectivity index (χ2v) is 7.47. The molecule has 1 N–H and O–H groups in total. The van der Waals surface area contributed by atoms with E-state index in [9.17, 15) is 0 Å². The molecule has 0 bridgehead atoms. The summed E-state index contributed by atoms with van der Waals surface area (Å²) < 4.78 is 1.31. The first-order chi connectivity index (χ1) is 7.72. The molecule has 0 radical (unpaired) electrons. The molecule has 0 saturated heterocycles. The number of rotatable bonds is 4. The van der Waals surface area contributed by atoms with Crippen LogP contribution in [-0.2, 0) is 0 Å². The van der Waals surface area contributed by atoms with Gasteiger partial charge in [0.15, 0.2) is 0 Å². The van der Waals surface area contributed by atoms with Gasteiger partial charge in [0.2, 0.25) is 0 Å². The van der Waals surface area contributed by atoms with E-state index in [1.165, 1.54) is 13.3 Å². The Labute approximate surface area is 122 Å². The SMILES string of the molecule is CCNC(c1csc(I)c1)c1sccc1Cl. The van der Waals surface area contributed by atoms with Crippen LogP contribution in [0.3, 0.4) is 0 Å². The molecule has 1 nitrogen and oxygen atoms in total. The van der Waals surface area contributed by atoms with Crippen LogP contribution in [0.15, 0.2) is 22.9 Å². The van der Waals surface area contributed by atoms with E-state index >= 15 is 0 Å². The van der Waals surface area contributed by atoms with Crippen molar-refractivity contribution in [2.24, 2.45) is 0 Å². The Bertz CT molecular complexity index is 466. The van der Waals surface area contributed by atoms with Gasteiger partial charge in [0.1, 0.15) is 0 Å². The van der Waals surface area contributed by atoms with E-state index < -0.39 is 0 Å². The Morgan fingerprint density at radius 2 is 2.31 bits per heavy atom. The van der Waals surface area contributed by atoms with Crippen LogP contribution in [-0.4, -0.2) is 6.54 Å². The Balaban J connectivity index is 2.34. The lowest BCUT2D eigenvalue weighted by atomic mass is 10.1. The largest absolute Gasteiger partial charge is 0.306 e. The van der Waals surface area contributed by atoms with Crippen molar-refractivity contribution in [3.8, 4) is 0 Å². The van der Waals surface area contributed by atoms with E-state index in [1.54, 1.807) is 22.7 Å². The summed E-state index contributed by atoms with van der Waals surface area (Å²) in [4.78, 5) is 1.21. The Morgan fingerprint density at radius 1 is 1.50 bits per heavy atom. The number of hydrogen-bond donors (Lipinski definition) is 1. The van der Waals surface area contributed by atoms with Gasteiger partial charge in [-0.05, 0) is 57.6 Å². The maximum absolute atomic E-state index is 6.20. The van der Waals surface area contributed by atoms with E-state index in [1.807, 2.05) is 11.4 Å². The predicted molar refractivity (Wildman–Crippen MR) is 81.9 cm³/mol. The van der Waals surface area contributed by atoms with Gasteiger partial charge < -0.3 is 5.32 Å². The van der Waals surface area contributed by atoms with Crippen LogP contribution in [0, 0.1) is 2.88 Å². The second kappa shape index (κ2) is 5.82. The van der Waals surface area contributed by atoms with E-state index in [-0.39, 0.29) is 6.04 Å². The van der Waals surface area contributed by atoms with Crippen molar-refractivity contribution in [1.82, 2.24) is 5.32 Å². The van der Waals surface area contributed by atoms with Gasteiger partial charge >= 0.3 is 0 Å². The smallest absolute Gasteiger partial charge is 0.0694 e. The fraction of sp³-hybridized carbons (Fsp3) is 0.273. The van der Waals surface area contributed by atoms with Crippen molar-refractivity contribution in [1.29, 1.82) is 0 Å². The van der Waals surface area contributed by atoms with Crippen molar-refractivity contribution in [2.45, 2.75) is 13.0 Å². The van der Waals surface area contributed by atoms with Crippen molar-refractivity contribution in [3.05, 3.63) is 41.2 Å². The molecule has 0 aliphatic carbocycles. The molecule has 2 rings (SSSR count). The zero-order valence-corrected chi connectivity index (χ0v) is 13.2. The van der Waals surface area contributed by atoms with Gasteiger partial charge in [-0.2, -0.15) is 0 Å². The molecule has 0 aromatic carbocycles. The maximum Gasteiger partial charge on any atom is 0.0694 e. The monoisotopic (exact) mass is 383 g/mol. The summed E-state index contributed by atoms with van der Waals surface area (Å²) in [5.41, 5.74) is 1.31. The van der Waals surface area contributed by atoms with Gasteiger partial charge in [-0.1, -0.05) is 18.5 Å². The summed E-state index contributed by atoms with van der Waals surface area (Å²) in [7, 11) is 0. The van der Waals surface area contributed by atoms with Gasteiger partial charge in [0, 0.05) is 4.88 Å². The van der Waals surface area contributed by atoms with E-state index in [4.69, 9.17) is 11.6 Å². The van der Waals surface area contributed by atoms with Crippen molar-refractivity contribution >= 4 is 56.9 Å². The third-order valence-corrected chi connectivity index (χ3v) is 5.47. The third kappa shape index (κ3) is 2.79. The average Bonchev–Trinajstić information content (AvgIpc) is 2.84. The maximum atomic E-state index is 6.20. The molecule has 0 aliphatic heterocycles. The molecule has 2 aromatic heterocycles. The average molecular weight is 384 g/mol. The first kappa shape index (κ1) is 12.8. The standard InChI is InChI=1S/C11H11ClINS2/c1-2-14-10(7-5-9(13)16-6-7)11-8(12)3-4-15-11/h3-6,10,14H,2H2,1H3. The van der Waals surface area contributed by atoms with Crippen LogP contribution >= 0.6 is 56.9 Å². The summed E-state index contributed by atoms with van der Waals surface area (Å²) in [5, 5.41) is 8.58. The van der Waals surface area contributed by atoms with Gasteiger partial charge in [-0.25, -0.2) is 0 Å². The number of thiophene rings is 2. The Hall–Kier alpha value is 0.380. The van der Waals surface area contributed by atoms with E-state index in [2.05, 4.69) is 46.3 Å². The molecule has 0 spiro atoms. The molecule has 0 amide bonds. The summed E-state index contributed by atoms with van der Waals surface area (Å²) in [6.07, 6.45) is 0. The van der Waals surface area contributed by atoms with Crippen molar-refractivity contribution in [2.75, 3.05) is 6.54 Å². The highest BCUT2D eigenvalue weighted by molar-refractivity contribution is 14.1. The summed E-state index contributed by atoms with van der Waals surface area (Å²) in [5.74, 6) is 0. The fourth-order valence-electron chi connectivity index (χ4n) is 1.55. The lowest BCUT2D eigenvalue weighted by Crippen LogP contribution is -2.20. The molecular formula is C11H11ClINS2. The molecule has 0 fully saturated rings. The quantitative estimate of drug-likeness (QED) is 0.750. The van der Waals surface area contributed by atoms with Gasteiger partial charge in [0.25, 0.3) is 0 Å². The molecule has 0 aliphatic rings. The van der Waals surface area contributed by atoms with Crippen LogP contribution in [0.4, 0.5) is 0 Å². The molecular weight excluding hydrogens is 373 g/mol. The fourth-order valence-corrected chi connectivity index (χ4v) is 4.22. The third-order valence-electron chi connectivity index (χ3n) is 2.24. The summed E-state index contributed by atoms with van der Waals surface area (Å²) >= 11 is 12.0. The Kier molecular flexibility index (Phi) is 4.66. The molecule has 16 heavy (non-hydrogen) atoms. The zero-order valence-electron chi connectivity index (χ0n) is 8.67. The molecule has 2 heterocycles. The highest BCUT2D eigenvalue weighted by atomic mass is 127. The topological polar surface area (TPSA) is 12.0 Å². The van der Waals surface area contributed by atoms with Crippen LogP contribution < -0.4 is 5.32 Å². The van der Waals surface area contributed by atoms with Gasteiger partial charge in [-0.15, -0.1) is 22.7 Å². The first-order valence-corrected chi connectivity index (χ1v) is 8.14. The predicted octanol–water partition coefficient (Wildman–Crippen LogP) is 4.77. The Morgan fingerprint density at radius 3 is 2.81 bits per heavy atom. The van der Waals surface area contributed by atoms with Gasteiger partial charge in [0.05, 0.1) is 13.9 Å². The normalized spacial score (nSPS) is 12.9. The summed E-state index contributed by atoms with van der Waals surface area (Å²) in [6, 6.07) is 4.41. The minimum Gasteiger partial charge on any atom is -0.306 e. The van der Waals surface area contributed by atoms with Crippen LogP contribution in [0.25, 0.3) is 0 Å². The zero-order chi connectivity index (χ0) is 11.5. The molecule has 1 unspecified atom stereocenters. The number of hydrogen-bond acceptors (Lipinski definition) is 3. The lowest BCUT2D eigenvalue weighted by Gasteiger charge is -2.15. The minimum atomic E-state index is 0.234. The molecule has 2 aromatic rings. The lowest BCUT2D eigenvalue weighted by molar-refractivity contribution is 0.641. The van der Waals surface area contributed by atoms with Crippen LogP contribution in [0.2, 0.25) is 5.02 Å².